The maximum atomic E-state index is 13.2. The van der Waals surface area contributed by atoms with Crippen LogP contribution in [0.15, 0.2) is 41.8 Å². The summed E-state index contributed by atoms with van der Waals surface area (Å²) in [5, 5.41) is 1.94. The Kier molecular flexibility index (Phi) is 8.73. The molecule has 1 unspecified atom stereocenters. The second-order valence-corrected chi connectivity index (χ2v) is 8.61. The van der Waals surface area contributed by atoms with Crippen LogP contribution in [-0.2, 0) is 22.7 Å². The lowest BCUT2D eigenvalue weighted by Gasteiger charge is -2.31. The normalized spacial score (nSPS) is 12.1. The lowest BCUT2D eigenvalue weighted by Crippen LogP contribution is -2.47. The molecule has 1 atom stereocenters. The molecule has 2 amide bonds. The van der Waals surface area contributed by atoms with Gasteiger partial charge in [0, 0.05) is 17.5 Å². The minimum absolute atomic E-state index is 0.115. The monoisotopic (exact) mass is 444 g/mol. The van der Waals surface area contributed by atoms with E-state index in [1.807, 2.05) is 31.4 Å². The fourth-order valence-electron chi connectivity index (χ4n) is 2.68. The number of rotatable bonds is 9. The lowest BCUT2D eigenvalue weighted by molar-refractivity contribution is -0.142. The minimum atomic E-state index is -1.22. The zero-order valence-electron chi connectivity index (χ0n) is 15.8. The van der Waals surface area contributed by atoms with Crippen LogP contribution >= 0.6 is 34.5 Å². The molecule has 0 N–H and O–H groups in total. The van der Waals surface area contributed by atoms with Gasteiger partial charge in [0.05, 0.1) is 6.54 Å². The highest BCUT2D eigenvalue weighted by atomic mass is 35.5. The first-order valence-corrected chi connectivity index (χ1v) is 10.7. The van der Waals surface area contributed by atoms with E-state index in [9.17, 15) is 14.0 Å². The predicted molar refractivity (Wildman–Crippen MR) is 112 cm³/mol. The van der Waals surface area contributed by atoms with Crippen molar-refractivity contribution in [1.29, 1.82) is 0 Å². The van der Waals surface area contributed by atoms with Gasteiger partial charge >= 0.3 is 0 Å². The number of thiophene rings is 1. The highest BCUT2D eigenvalue weighted by molar-refractivity contribution is 7.09. The molecular formula is C20H23Cl2FN2O2S. The molecule has 1 aromatic heterocycles. The minimum Gasteiger partial charge on any atom is -0.332 e. The largest absolute Gasteiger partial charge is 0.332 e. The molecule has 0 aliphatic heterocycles. The predicted octanol–water partition coefficient (Wildman–Crippen LogP) is 4.85. The van der Waals surface area contributed by atoms with E-state index >= 15 is 0 Å². The van der Waals surface area contributed by atoms with Crippen molar-refractivity contribution in [3.63, 3.8) is 0 Å². The van der Waals surface area contributed by atoms with Gasteiger partial charge in [0.1, 0.15) is 12.4 Å². The van der Waals surface area contributed by atoms with Crippen LogP contribution in [-0.4, -0.2) is 39.0 Å². The van der Waals surface area contributed by atoms with Crippen LogP contribution in [0.25, 0.3) is 0 Å². The molecule has 0 fully saturated rings. The summed E-state index contributed by atoms with van der Waals surface area (Å²) in [6.45, 7) is 4.38. The van der Waals surface area contributed by atoms with Crippen molar-refractivity contribution in [1.82, 2.24) is 9.80 Å². The Morgan fingerprint density at radius 1 is 1.14 bits per heavy atom. The van der Waals surface area contributed by atoms with Crippen LogP contribution in [0, 0.1) is 5.82 Å². The van der Waals surface area contributed by atoms with E-state index in [2.05, 4.69) is 0 Å². The summed E-state index contributed by atoms with van der Waals surface area (Å²) in [6, 6.07) is 9.71. The van der Waals surface area contributed by atoms with Gasteiger partial charge in [-0.15, -0.1) is 11.3 Å². The molecule has 0 aliphatic rings. The van der Waals surface area contributed by atoms with Gasteiger partial charge in [-0.1, -0.05) is 48.3 Å². The zero-order valence-corrected chi connectivity index (χ0v) is 18.1. The van der Waals surface area contributed by atoms with Gasteiger partial charge in [0.2, 0.25) is 5.91 Å². The number of hydrogen-bond donors (Lipinski definition) is 0. The Morgan fingerprint density at radius 3 is 2.36 bits per heavy atom. The van der Waals surface area contributed by atoms with E-state index < -0.39 is 10.7 Å². The second-order valence-electron chi connectivity index (χ2n) is 6.48. The summed E-state index contributed by atoms with van der Waals surface area (Å²) < 4.78 is 13.2. The quantitative estimate of drug-likeness (QED) is 0.518. The first kappa shape index (κ1) is 22.7. The first-order valence-electron chi connectivity index (χ1n) is 8.95. The van der Waals surface area contributed by atoms with Gasteiger partial charge in [-0.05, 0) is 42.5 Å². The van der Waals surface area contributed by atoms with E-state index in [0.29, 0.717) is 19.5 Å². The van der Waals surface area contributed by atoms with Crippen LogP contribution in [0.5, 0.6) is 0 Å². The fourth-order valence-corrected chi connectivity index (χ4v) is 3.65. The Balaban J connectivity index is 2.20. The van der Waals surface area contributed by atoms with E-state index in [1.165, 1.54) is 17.0 Å². The molecule has 28 heavy (non-hydrogen) atoms. The van der Waals surface area contributed by atoms with Crippen molar-refractivity contribution in [3.05, 3.63) is 58.0 Å². The maximum Gasteiger partial charge on any atom is 0.256 e. The average molecular weight is 445 g/mol. The lowest BCUT2D eigenvalue weighted by atomic mass is 10.2. The van der Waals surface area contributed by atoms with Crippen LogP contribution in [0.4, 0.5) is 4.39 Å². The van der Waals surface area contributed by atoms with Crippen molar-refractivity contribution < 1.29 is 14.0 Å². The topological polar surface area (TPSA) is 40.6 Å². The van der Waals surface area contributed by atoms with Crippen molar-refractivity contribution in [2.24, 2.45) is 0 Å². The van der Waals surface area contributed by atoms with E-state index in [4.69, 9.17) is 23.2 Å². The molecule has 0 saturated carbocycles. The van der Waals surface area contributed by atoms with E-state index in [-0.39, 0.29) is 24.3 Å². The van der Waals surface area contributed by atoms with Crippen LogP contribution in [0.3, 0.4) is 0 Å². The number of halogens is 3. The number of hydrogen-bond acceptors (Lipinski definition) is 3. The summed E-state index contributed by atoms with van der Waals surface area (Å²) in [5.41, 5.74) is 0.806. The molecule has 0 spiro atoms. The molecule has 2 rings (SSSR count). The molecule has 1 heterocycles. The zero-order chi connectivity index (χ0) is 20.7. The Labute approximate surface area is 178 Å². The molecule has 4 nitrogen and oxygen atoms in total. The summed E-state index contributed by atoms with van der Waals surface area (Å²) in [7, 11) is 0. The van der Waals surface area contributed by atoms with Crippen LogP contribution < -0.4 is 0 Å². The van der Waals surface area contributed by atoms with Gasteiger partial charge in [-0.3, -0.25) is 9.59 Å². The van der Waals surface area contributed by atoms with Gasteiger partial charge in [0.15, 0.2) is 4.84 Å². The molecular weight excluding hydrogens is 422 g/mol. The molecule has 2 aromatic rings. The molecule has 152 valence electrons. The molecule has 0 aliphatic carbocycles. The standard InChI is InChI=1S/C20H23Cl2FN2O2S/c1-3-14(2)25(20(27)19(21)22)13-18(26)24(12-17-5-4-10-28-17)11-15-6-8-16(23)9-7-15/h4-10,14,19H,3,11-13H2,1-2H3. The number of nitrogens with zero attached hydrogens (tertiary/aromatic N) is 2. The third-order valence-electron chi connectivity index (χ3n) is 4.46. The van der Waals surface area contributed by atoms with Crippen LogP contribution in [0.1, 0.15) is 30.7 Å². The third kappa shape index (κ3) is 6.47. The van der Waals surface area contributed by atoms with E-state index in [1.54, 1.807) is 28.4 Å². The second kappa shape index (κ2) is 10.8. The summed E-state index contributed by atoms with van der Waals surface area (Å²) in [6.07, 6.45) is 0.669. The fraction of sp³-hybridized carbons (Fsp3) is 0.400. The highest BCUT2D eigenvalue weighted by Crippen LogP contribution is 2.18. The smallest absolute Gasteiger partial charge is 0.256 e. The molecule has 8 heteroatoms. The molecule has 0 bridgehead atoms. The van der Waals surface area contributed by atoms with Gasteiger partial charge in [-0.25, -0.2) is 4.39 Å². The maximum absolute atomic E-state index is 13.2. The first-order chi connectivity index (χ1) is 13.3. The van der Waals surface area contributed by atoms with E-state index in [0.717, 1.165) is 10.4 Å². The van der Waals surface area contributed by atoms with Crippen molar-refractivity contribution in [3.8, 4) is 0 Å². The van der Waals surface area contributed by atoms with Crippen molar-refractivity contribution >= 4 is 46.4 Å². The number of carbonyl (C=O) groups is 2. The number of amides is 2. The van der Waals surface area contributed by atoms with Crippen LogP contribution in [0.2, 0.25) is 0 Å². The van der Waals surface area contributed by atoms with Gasteiger partial charge in [-0.2, -0.15) is 0 Å². The van der Waals surface area contributed by atoms with Gasteiger partial charge < -0.3 is 9.80 Å². The number of alkyl halides is 2. The SMILES string of the molecule is CCC(C)N(CC(=O)N(Cc1ccc(F)cc1)Cc1cccs1)C(=O)C(Cl)Cl. The van der Waals surface area contributed by atoms with Gasteiger partial charge in [0.25, 0.3) is 5.91 Å². The summed E-state index contributed by atoms with van der Waals surface area (Å²) in [5.74, 6) is -1.03. The summed E-state index contributed by atoms with van der Waals surface area (Å²) >= 11 is 13.1. The Hall–Kier alpha value is -1.63. The third-order valence-corrected chi connectivity index (χ3v) is 5.70. The molecule has 1 aromatic carbocycles. The Morgan fingerprint density at radius 2 is 1.82 bits per heavy atom. The average Bonchev–Trinajstić information content (AvgIpc) is 3.19. The number of benzene rings is 1. The molecule has 0 saturated heterocycles. The Bertz CT molecular complexity index is 769. The number of carbonyl (C=O) groups excluding carboxylic acids is 2. The van der Waals surface area contributed by atoms with Crippen molar-refractivity contribution in [2.45, 2.75) is 44.2 Å². The molecule has 0 radical (unpaired) electrons. The summed E-state index contributed by atoms with van der Waals surface area (Å²) in [4.78, 5) is 28.3. The highest BCUT2D eigenvalue weighted by Gasteiger charge is 2.28. The van der Waals surface area contributed by atoms with Crippen molar-refractivity contribution in [2.75, 3.05) is 6.54 Å².